The number of hydrogen-bond donors (Lipinski definition) is 0. The van der Waals surface area contributed by atoms with E-state index in [4.69, 9.17) is 35.3 Å². The molecule has 9 heteroatoms. The van der Waals surface area contributed by atoms with E-state index in [1.807, 2.05) is 0 Å². The molecule has 7 nitrogen and oxygen atoms in total. The monoisotopic (exact) mass is 350 g/mol. The molecule has 0 saturated heterocycles. The van der Waals surface area contributed by atoms with Crippen LogP contribution in [0, 0.1) is 5.92 Å². The molecule has 1 aromatic heterocycles. The first kappa shape index (κ1) is 18.3. The second-order valence-corrected chi connectivity index (χ2v) is 5.48. The first-order valence-electron chi connectivity index (χ1n) is 7.11. The molecule has 0 spiro atoms. The molecule has 23 heavy (non-hydrogen) atoms. The summed E-state index contributed by atoms with van der Waals surface area (Å²) in [5.74, 6) is 0.0409. The Balaban J connectivity index is 1.99. The largest absolute Gasteiger partial charge is 0.471 e. The van der Waals surface area contributed by atoms with Gasteiger partial charge in [-0.1, -0.05) is 11.6 Å². The molecule has 0 radical (unpaired) electrons. The average Bonchev–Trinajstić information content (AvgIpc) is 2.81. The van der Waals surface area contributed by atoms with E-state index in [9.17, 15) is 4.39 Å². The summed E-state index contributed by atoms with van der Waals surface area (Å²) in [5.41, 5.74) is 0. The Morgan fingerprint density at radius 2 is 2.04 bits per heavy atom. The van der Waals surface area contributed by atoms with Gasteiger partial charge in [-0.15, -0.1) is 0 Å². The number of halogens is 2. The van der Waals surface area contributed by atoms with Crippen molar-refractivity contribution in [1.29, 1.82) is 0 Å². The van der Waals surface area contributed by atoms with Crippen molar-refractivity contribution in [3.8, 4) is 5.88 Å². The second-order valence-electron chi connectivity index (χ2n) is 5.09. The summed E-state index contributed by atoms with van der Waals surface area (Å²) >= 11 is 5.78. The van der Waals surface area contributed by atoms with Crippen LogP contribution in [-0.2, 0) is 18.9 Å². The molecular formula is C14H20ClFN2O5. The highest BCUT2D eigenvalue weighted by Crippen LogP contribution is 2.34. The van der Waals surface area contributed by atoms with Crippen LogP contribution in [0.25, 0.3) is 0 Å². The third kappa shape index (κ3) is 5.22. The lowest BCUT2D eigenvalue weighted by Crippen LogP contribution is -2.34. The van der Waals surface area contributed by atoms with E-state index >= 15 is 0 Å². The van der Waals surface area contributed by atoms with Gasteiger partial charge in [0.25, 0.3) is 0 Å². The van der Waals surface area contributed by atoms with Crippen LogP contribution >= 0.6 is 11.6 Å². The summed E-state index contributed by atoms with van der Waals surface area (Å²) in [5, 5.41) is 0.232. The summed E-state index contributed by atoms with van der Waals surface area (Å²) in [4.78, 5) is 7.68. The lowest BCUT2D eigenvalue weighted by atomic mass is 10.1. The number of aromatic nitrogens is 2. The van der Waals surface area contributed by atoms with Crippen LogP contribution in [0.1, 0.15) is 6.42 Å². The van der Waals surface area contributed by atoms with E-state index < -0.39 is 18.4 Å². The molecule has 130 valence electrons. The second kappa shape index (κ2) is 9.29. The van der Waals surface area contributed by atoms with E-state index in [0.29, 0.717) is 13.0 Å². The predicted octanol–water partition coefficient (Wildman–Crippen LogP) is 1.84. The first-order chi connectivity index (χ1) is 11.2. The molecule has 1 saturated carbocycles. The molecule has 2 rings (SSSR count). The van der Waals surface area contributed by atoms with Crippen LogP contribution in [-0.4, -0.2) is 62.8 Å². The van der Waals surface area contributed by atoms with E-state index in [2.05, 4.69) is 9.97 Å². The van der Waals surface area contributed by atoms with Gasteiger partial charge in [0.2, 0.25) is 5.88 Å². The zero-order valence-corrected chi connectivity index (χ0v) is 13.7. The van der Waals surface area contributed by atoms with E-state index in [1.165, 1.54) is 26.6 Å². The Hall–Kier alpha value is -1.06. The molecule has 0 aromatic carbocycles. The Morgan fingerprint density at radius 3 is 2.74 bits per heavy atom. The fourth-order valence-electron chi connectivity index (χ4n) is 2.50. The van der Waals surface area contributed by atoms with Crippen LogP contribution in [0.15, 0.2) is 12.4 Å². The minimum atomic E-state index is -1.34. The average molecular weight is 351 g/mol. The van der Waals surface area contributed by atoms with Crippen molar-refractivity contribution in [3.05, 3.63) is 17.5 Å². The number of methoxy groups -OCH3 is 2. The van der Waals surface area contributed by atoms with E-state index in [1.54, 1.807) is 0 Å². The summed E-state index contributed by atoms with van der Waals surface area (Å²) in [7, 11) is 3.01. The Kier molecular flexibility index (Phi) is 7.38. The Bertz CT molecular complexity index is 484. The van der Waals surface area contributed by atoms with Gasteiger partial charge in [0.15, 0.2) is 6.17 Å². The molecule has 0 unspecified atom stereocenters. The fraction of sp³-hybridized carbons (Fsp3) is 0.714. The zero-order chi connectivity index (χ0) is 16.7. The van der Waals surface area contributed by atoms with Gasteiger partial charge in [-0.3, -0.25) is 0 Å². The molecule has 1 aliphatic rings. The van der Waals surface area contributed by atoms with Gasteiger partial charge >= 0.3 is 0 Å². The topological polar surface area (TPSA) is 71.9 Å². The minimum Gasteiger partial charge on any atom is -0.471 e. The zero-order valence-electron chi connectivity index (χ0n) is 13.0. The summed E-state index contributed by atoms with van der Waals surface area (Å²) in [6.45, 7) is 0.433. The highest BCUT2D eigenvalue weighted by atomic mass is 35.5. The molecule has 1 fully saturated rings. The van der Waals surface area contributed by atoms with Gasteiger partial charge in [-0.2, -0.15) is 0 Å². The van der Waals surface area contributed by atoms with Crippen LogP contribution in [0.4, 0.5) is 4.39 Å². The number of ether oxygens (including phenoxy) is 5. The maximum Gasteiger partial charge on any atom is 0.218 e. The van der Waals surface area contributed by atoms with Crippen molar-refractivity contribution >= 4 is 11.6 Å². The van der Waals surface area contributed by atoms with E-state index in [0.717, 1.165) is 0 Å². The van der Waals surface area contributed by atoms with Gasteiger partial charge in [0.05, 0.1) is 6.61 Å². The van der Waals surface area contributed by atoms with Crippen LogP contribution in [0.5, 0.6) is 5.88 Å². The number of nitrogens with zero attached hydrogens (tertiary/aromatic N) is 2. The molecule has 1 aliphatic carbocycles. The third-order valence-electron chi connectivity index (χ3n) is 3.46. The minimum absolute atomic E-state index is 0.00206. The molecule has 0 amide bonds. The van der Waals surface area contributed by atoms with Crippen molar-refractivity contribution < 1.29 is 28.1 Å². The Labute approximate surface area is 139 Å². The smallest absolute Gasteiger partial charge is 0.218 e. The number of hydrogen-bond acceptors (Lipinski definition) is 7. The Morgan fingerprint density at radius 1 is 1.26 bits per heavy atom. The normalized spacial score (nSPS) is 27.3. The summed E-state index contributed by atoms with van der Waals surface area (Å²) in [6.07, 6.45) is -1.05. The van der Waals surface area contributed by atoms with E-state index in [-0.39, 0.29) is 30.5 Å². The lowest BCUT2D eigenvalue weighted by Gasteiger charge is -2.21. The molecule has 1 aromatic rings. The van der Waals surface area contributed by atoms with Crippen molar-refractivity contribution in [2.75, 3.05) is 34.4 Å². The molecule has 1 heterocycles. The van der Waals surface area contributed by atoms with Crippen LogP contribution in [0.3, 0.4) is 0 Å². The third-order valence-corrected chi connectivity index (χ3v) is 3.67. The number of alkyl halides is 1. The van der Waals surface area contributed by atoms with Crippen LogP contribution in [0.2, 0.25) is 5.15 Å². The van der Waals surface area contributed by atoms with Crippen molar-refractivity contribution in [2.45, 2.75) is 24.8 Å². The van der Waals surface area contributed by atoms with Crippen molar-refractivity contribution in [1.82, 2.24) is 9.97 Å². The standard InChI is InChI=1S/C14H20ClFN2O5/c1-19-7-21-5-9-3-10(13(16)14(9)22-8-20-2)23-12-4-11(15)17-6-18-12/h4,6,9-10,13-14H,3,5,7-8H2,1-2H3/t9-,10-,13+,14-/m1/s1. The number of rotatable bonds is 9. The predicted molar refractivity (Wildman–Crippen MR) is 79.0 cm³/mol. The summed E-state index contributed by atoms with van der Waals surface area (Å²) < 4.78 is 40.7. The molecule has 0 aliphatic heterocycles. The first-order valence-corrected chi connectivity index (χ1v) is 7.49. The van der Waals surface area contributed by atoms with Crippen LogP contribution < -0.4 is 4.74 Å². The maximum atomic E-state index is 14.7. The van der Waals surface area contributed by atoms with Gasteiger partial charge < -0.3 is 23.7 Å². The SMILES string of the molecule is COCOC[C@H]1C[C@@H](Oc2cc(Cl)ncn2)[C@H](F)[C@@H]1OCOC. The molecule has 0 N–H and O–H groups in total. The van der Waals surface area contributed by atoms with Gasteiger partial charge in [0, 0.05) is 26.2 Å². The summed E-state index contributed by atoms with van der Waals surface area (Å²) in [6, 6.07) is 1.44. The quantitative estimate of drug-likeness (QED) is 0.382. The van der Waals surface area contributed by atoms with Gasteiger partial charge in [-0.05, 0) is 6.42 Å². The lowest BCUT2D eigenvalue weighted by molar-refractivity contribution is -0.123. The van der Waals surface area contributed by atoms with Crippen molar-refractivity contribution in [2.24, 2.45) is 5.92 Å². The van der Waals surface area contributed by atoms with Crippen molar-refractivity contribution in [3.63, 3.8) is 0 Å². The molecule has 4 atom stereocenters. The van der Waals surface area contributed by atoms with Gasteiger partial charge in [0.1, 0.15) is 37.3 Å². The highest BCUT2D eigenvalue weighted by Gasteiger charge is 2.46. The van der Waals surface area contributed by atoms with Gasteiger partial charge in [-0.25, -0.2) is 14.4 Å². The molecule has 0 bridgehead atoms. The maximum absolute atomic E-state index is 14.7. The highest BCUT2D eigenvalue weighted by molar-refractivity contribution is 6.29. The molecular weight excluding hydrogens is 331 g/mol. The fourth-order valence-corrected chi connectivity index (χ4v) is 2.64.